The van der Waals surface area contributed by atoms with E-state index < -0.39 is 0 Å². The van der Waals surface area contributed by atoms with Crippen molar-refractivity contribution in [3.8, 4) is 11.3 Å². The van der Waals surface area contributed by atoms with Gasteiger partial charge in [0, 0.05) is 10.6 Å². The SMILES string of the molecule is CC(C)(C)n1nc(-c2ccc(Cl)cc2Cl)c(C=O)c1Br. The van der Waals surface area contributed by atoms with Gasteiger partial charge in [0.2, 0.25) is 0 Å². The standard InChI is InChI=1S/C14H13BrCl2N2O/c1-14(2,3)19-13(15)10(7-20)12(18-19)9-5-4-8(16)6-11(9)17/h4-7H,1-3H3. The summed E-state index contributed by atoms with van der Waals surface area (Å²) in [6, 6.07) is 5.12. The number of carbonyl (C=O) groups excluding carboxylic acids is 1. The predicted octanol–water partition coefficient (Wildman–Crippen LogP) is 5.19. The van der Waals surface area contributed by atoms with E-state index in [1.54, 1.807) is 22.9 Å². The van der Waals surface area contributed by atoms with Crippen molar-refractivity contribution >= 4 is 45.4 Å². The molecule has 106 valence electrons. The number of aldehydes is 1. The summed E-state index contributed by atoms with van der Waals surface area (Å²) in [5.74, 6) is 0. The highest BCUT2D eigenvalue weighted by Crippen LogP contribution is 2.35. The van der Waals surface area contributed by atoms with E-state index in [2.05, 4.69) is 21.0 Å². The summed E-state index contributed by atoms with van der Waals surface area (Å²) in [5.41, 5.74) is 1.45. The van der Waals surface area contributed by atoms with Gasteiger partial charge in [0.1, 0.15) is 10.3 Å². The van der Waals surface area contributed by atoms with Crippen molar-refractivity contribution in [2.45, 2.75) is 26.3 Å². The van der Waals surface area contributed by atoms with Gasteiger partial charge in [-0.2, -0.15) is 5.10 Å². The Labute approximate surface area is 136 Å². The number of nitrogens with zero attached hydrogens (tertiary/aromatic N) is 2. The van der Waals surface area contributed by atoms with Crippen molar-refractivity contribution in [3.63, 3.8) is 0 Å². The molecule has 2 rings (SSSR count). The van der Waals surface area contributed by atoms with Crippen LogP contribution < -0.4 is 0 Å². The Morgan fingerprint density at radius 3 is 2.45 bits per heavy atom. The minimum Gasteiger partial charge on any atom is -0.298 e. The smallest absolute Gasteiger partial charge is 0.155 e. The van der Waals surface area contributed by atoms with Crippen LogP contribution in [0.25, 0.3) is 11.3 Å². The van der Waals surface area contributed by atoms with Gasteiger partial charge in [0.25, 0.3) is 0 Å². The van der Waals surface area contributed by atoms with Gasteiger partial charge in [-0.3, -0.25) is 9.48 Å². The number of carbonyl (C=O) groups is 1. The molecule has 1 aromatic heterocycles. The number of rotatable bonds is 2. The van der Waals surface area contributed by atoms with Crippen LogP contribution in [0.1, 0.15) is 31.1 Å². The quantitative estimate of drug-likeness (QED) is 0.677. The van der Waals surface area contributed by atoms with Gasteiger partial charge in [-0.15, -0.1) is 0 Å². The highest BCUT2D eigenvalue weighted by atomic mass is 79.9. The summed E-state index contributed by atoms with van der Waals surface area (Å²) in [4.78, 5) is 11.4. The lowest BCUT2D eigenvalue weighted by atomic mass is 10.1. The molecule has 0 saturated carbocycles. The van der Waals surface area contributed by atoms with Gasteiger partial charge in [0.15, 0.2) is 6.29 Å². The molecule has 6 heteroatoms. The number of benzene rings is 1. The zero-order chi connectivity index (χ0) is 15.1. The van der Waals surface area contributed by atoms with E-state index in [4.69, 9.17) is 23.2 Å². The predicted molar refractivity (Wildman–Crippen MR) is 85.8 cm³/mol. The van der Waals surface area contributed by atoms with E-state index in [-0.39, 0.29) is 5.54 Å². The van der Waals surface area contributed by atoms with Crippen LogP contribution in [0.4, 0.5) is 0 Å². The molecular weight excluding hydrogens is 363 g/mol. The molecule has 0 bridgehead atoms. The highest BCUT2D eigenvalue weighted by Gasteiger charge is 2.25. The first-order valence-corrected chi connectivity index (χ1v) is 7.50. The molecule has 0 aliphatic carbocycles. The van der Waals surface area contributed by atoms with E-state index in [1.807, 2.05) is 20.8 Å². The molecule has 1 aromatic carbocycles. The molecule has 2 aromatic rings. The van der Waals surface area contributed by atoms with Gasteiger partial charge in [-0.25, -0.2) is 0 Å². The monoisotopic (exact) mass is 374 g/mol. The molecule has 0 atom stereocenters. The number of halogens is 3. The molecule has 0 unspecified atom stereocenters. The van der Waals surface area contributed by atoms with Crippen molar-refractivity contribution in [2.75, 3.05) is 0 Å². The summed E-state index contributed by atoms with van der Waals surface area (Å²) < 4.78 is 2.40. The fourth-order valence-electron chi connectivity index (χ4n) is 1.84. The second kappa shape index (κ2) is 5.51. The van der Waals surface area contributed by atoms with Crippen molar-refractivity contribution in [1.29, 1.82) is 0 Å². The number of hydrogen-bond donors (Lipinski definition) is 0. The minimum atomic E-state index is -0.256. The van der Waals surface area contributed by atoms with Crippen molar-refractivity contribution in [1.82, 2.24) is 9.78 Å². The first kappa shape index (κ1) is 15.5. The second-order valence-electron chi connectivity index (χ2n) is 5.38. The van der Waals surface area contributed by atoms with E-state index in [1.165, 1.54) is 0 Å². The van der Waals surface area contributed by atoms with E-state index in [9.17, 15) is 4.79 Å². The average molecular weight is 376 g/mol. The van der Waals surface area contributed by atoms with Crippen LogP contribution in [-0.4, -0.2) is 16.1 Å². The van der Waals surface area contributed by atoms with Gasteiger partial charge in [-0.05, 0) is 54.9 Å². The third kappa shape index (κ3) is 2.78. The molecule has 0 aliphatic rings. The lowest BCUT2D eigenvalue weighted by Crippen LogP contribution is -2.23. The molecule has 0 saturated heterocycles. The largest absolute Gasteiger partial charge is 0.298 e. The molecule has 0 radical (unpaired) electrons. The minimum absolute atomic E-state index is 0.256. The van der Waals surface area contributed by atoms with Crippen molar-refractivity contribution in [2.24, 2.45) is 0 Å². The average Bonchev–Trinajstić information content (AvgIpc) is 2.65. The highest BCUT2D eigenvalue weighted by molar-refractivity contribution is 9.10. The van der Waals surface area contributed by atoms with Crippen LogP contribution in [0.5, 0.6) is 0 Å². The number of aromatic nitrogens is 2. The van der Waals surface area contributed by atoms with Crippen LogP contribution in [-0.2, 0) is 5.54 Å². The molecular formula is C14H13BrCl2N2O. The van der Waals surface area contributed by atoms with E-state index in [0.29, 0.717) is 31.5 Å². The Balaban J connectivity index is 2.71. The number of hydrogen-bond acceptors (Lipinski definition) is 2. The second-order valence-corrected chi connectivity index (χ2v) is 6.97. The van der Waals surface area contributed by atoms with E-state index >= 15 is 0 Å². The fraction of sp³-hybridized carbons (Fsp3) is 0.286. The van der Waals surface area contributed by atoms with Crippen LogP contribution in [0.3, 0.4) is 0 Å². The van der Waals surface area contributed by atoms with Crippen molar-refractivity contribution < 1.29 is 4.79 Å². The lowest BCUT2D eigenvalue weighted by molar-refractivity contribution is 0.112. The lowest BCUT2D eigenvalue weighted by Gasteiger charge is -2.20. The third-order valence-electron chi connectivity index (χ3n) is 2.80. The summed E-state index contributed by atoms with van der Waals surface area (Å²) in [5, 5.41) is 5.53. The van der Waals surface area contributed by atoms with Crippen LogP contribution >= 0.6 is 39.1 Å². The molecule has 0 amide bonds. The van der Waals surface area contributed by atoms with Crippen LogP contribution in [0.15, 0.2) is 22.8 Å². The zero-order valence-corrected chi connectivity index (χ0v) is 14.3. The normalized spacial score (nSPS) is 11.7. The van der Waals surface area contributed by atoms with E-state index in [0.717, 1.165) is 6.29 Å². The Morgan fingerprint density at radius 2 is 1.95 bits per heavy atom. The Kier molecular flexibility index (Phi) is 4.28. The van der Waals surface area contributed by atoms with Crippen molar-refractivity contribution in [3.05, 3.63) is 38.4 Å². The summed E-state index contributed by atoms with van der Waals surface area (Å²) in [6.45, 7) is 6.02. The maximum Gasteiger partial charge on any atom is 0.155 e. The molecule has 0 N–H and O–H groups in total. The summed E-state index contributed by atoms with van der Waals surface area (Å²) >= 11 is 15.5. The first-order valence-electron chi connectivity index (χ1n) is 5.95. The Morgan fingerprint density at radius 1 is 1.30 bits per heavy atom. The van der Waals surface area contributed by atoms with Crippen LogP contribution in [0, 0.1) is 0 Å². The maximum atomic E-state index is 11.4. The zero-order valence-electron chi connectivity index (χ0n) is 11.2. The maximum absolute atomic E-state index is 11.4. The topological polar surface area (TPSA) is 34.9 Å². The molecule has 0 aliphatic heterocycles. The van der Waals surface area contributed by atoms with Gasteiger partial charge < -0.3 is 0 Å². The summed E-state index contributed by atoms with van der Waals surface area (Å²) in [7, 11) is 0. The third-order valence-corrected chi connectivity index (χ3v) is 4.11. The molecule has 0 fully saturated rings. The first-order chi connectivity index (χ1) is 9.25. The molecule has 3 nitrogen and oxygen atoms in total. The molecule has 20 heavy (non-hydrogen) atoms. The van der Waals surface area contributed by atoms with Crippen LogP contribution in [0.2, 0.25) is 10.0 Å². The summed E-state index contributed by atoms with van der Waals surface area (Å²) in [6.07, 6.45) is 0.777. The Bertz CT molecular complexity index is 675. The fourth-order valence-corrected chi connectivity index (χ4v) is 3.23. The molecule has 1 heterocycles. The van der Waals surface area contributed by atoms with Gasteiger partial charge in [0.05, 0.1) is 16.1 Å². The van der Waals surface area contributed by atoms with Gasteiger partial charge >= 0.3 is 0 Å². The molecule has 0 spiro atoms. The van der Waals surface area contributed by atoms with Gasteiger partial charge in [-0.1, -0.05) is 23.2 Å². The Hall–Kier alpha value is -0.840.